The molecule has 1 atom stereocenters. The molecule has 1 N–H and O–H groups in total. The zero-order chi connectivity index (χ0) is 17.2. The fraction of sp³-hybridized carbons (Fsp3) is 0.688. The van der Waals surface area contributed by atoms with Crippen LogP contribution in [-0.4, -0.2) is 40.2 Å². The van der Waals surface area contributed by atoms with Gasteiger partial charge in [0.2, 0.25) is 5.91 Å². The van der Waals surface area contributed by atoms with Crippen molar-refractivity contribution in [1.29, 1.82) is 0 Å². The van der Waals surface area contributed by atoms with Gasteiger partial charge in [-0.15, -0.1) is 22.9 Å². The van der Waals surface area contributed by atoms with Crippen LogP contribution < -0.4 is 5.32 Å². The first-order valence-electron chi connectivity index (χ1n) is 8.15. The fourth-order valence-electron chi connectivity index (χ4n) is 1.99. The molecule has 5 nitrogen and oxygen atoms in total. The van der Waals surface area contributed by atoms with Crippen molar-refractivity contribution in [3.05, 3.63) is 16.1 Å². The highest BCUT2D eigenvalue weighted by Crippen LogP contribution is 2.15. The van der Waals surface area contributed by atoms with Crippen molar-refractivity contribution in [3.8, 4) is 0 Å². The van der Waals surface area contributed by atoms with Gasteiger partial charge in [0.05, 0.1) is 6.54 Å². The van der Waals surface area contributed by atoms with E-state index in [1.807, 2.05) is 0 Å². The smallest absolute Gasteiger partial charge is 0.270 e. The Bertz CT molecular complexity index is 505. The molecule has 2 amide bonds. The molecule has 0 saturated carbocycles. The summed E-state index contributed by atoms with van der Waals surface area (Å²) in [6.45, 7) is 7.55. The number of thiazole rings is 1. The van der Waals surface area contributed by atoms with Gasteiger partial charge in [0.15, 0.2) is 0 Å². The van der Waals surface area contributed by atoms with Gasteiger partial charge in [-0.2, -0.15) is 0 Å². The van der Waals surface area contributed by atoms with Gasteiger partial charge in [0.1, 0.15) is 16.1 Å². The molecule has 0 aromatic carbocycles. The van der Waals surface area contributed by atoms with E-state index < -0.39 is 5.38 Å². The van der Waals surface area contributed by atoms with Crippen molar-refractivity contribution in [2.24, 2.45) is 0 Å². The first-order valence-corrected chi connectivity index (χ1v) is 9.46. The number of rotatable bonds is 10. The van der Waals surface area contributed by atoms with E-state index in [0.717, 1.165) is 30.7 Å². The van der Waals surface area contributed by atoms with E-state index in [4.69, 9.17) is 11.6 Å². The number of halogens is 1. The van der Waals surface area contributed by atoms with Crippen LogP contribution in [0.25, 0.3) is 0 Å². The minimum absolute atomic E-state index is 0.0933. The summed E-state index contributed by atoms with van der Waals surface area (Å²) in [5.74, 6) is -0.248. The predicted molar refractivity (Wildman–Crippen MR) is 95.0 cm³/mol. The lowest BCUT2D eigenvalue weighted by Gasteiger charge is -2.22. The predicted octanol–water partition coefficient (Wildman–Crippen LogP) is 3.43. The maximum Gasteiger partial charge on any atom is 0.270 e. The molecule has 0 aliphatic heterocycles. The fourth-order valence-corrected chi connectivity index (χ4v) is 2.91. The van der Waals surface area contributed by atoms with E-state index >= 15 is 0 Å². The Balaban J connectivity index is 2.66. The molecule has 1 aromatic rings. The summed E-state index contributed by atoms with van der Waals surface area (Å²) in [4.78, 5) is 30.2. The molecule has 0 spiro atoms. The van der Waals surface area contributed by atoms with E-state index in [-0.39, 0.29) is 11.8 Å². The van der Waals surface area contributed by atoms with Crippen LogP contribution in [0.5, 0.6) is 0 Å². The normalized spacial score (nSPS) is 12.0. The number of carbonyl (C=O) groups excluding carboxylic acids is 2. The average molecular weight is 360 g/mol. The van der Waals surface area contributed by atoms with Gasteiger partial charge in [-0.3, -0.25) is 9.59 Å². The number of nitrogens with one attached hydrogen (secondary N) is 1. The van der Waals surface area contributed by atoms with Crippen LogP contribution in [0.2, 0.25) is 0 Å². The summed E-state index contributed by atoms with van der Waals surface area (Å²) < 4.78 is 0. The highest BCUT2D eigenvalue weighted by atomic mass is 35.5. The molecule has 0 unspecified atom stereocenters. The van der Waals surface area contributed by atoms with E-state index in [9.17, 15) is 9.59 Å². The molecule has 23 heavy (non-hydrogen) atoms. The van der Waals surface area contributed by atoms with Crippen LogP contribution in [0.15, 0.2) is 5.38 Å². The Morgan fingerprint density at radius 2 is 2.04 bits per heavy atom. The van der Waals surface area contributed by atoms with Crippen LogP contribution in [0, 0.1) is 0 Å². The first kappa shape index (κ1) is 19.9. The van der Waals surface area contributed by atoms with Crippen LogP contribution >= 0.6 is 22.9 Å². The molecule has 1 heterocycles. The molecular weight excluding hydrogens is 334 g/mol. The second-order valence-electron chi connectivity index (χ2n) is 5.47. The number of unbranched alkanes of at least 4 members (excludes halogenated alkanes) is 2. The number of carbonyl (C=O) groups is 2. The molecule has 0 radical (unpaired) electrons. The third kappa shape index (κ3) is 6.87. The van der Waals surface area contributed by atoms with E-state index in [0.29, 0.717) is 25.3 Å². The molecule has 1 rings (SSSR count). The van der Waals surface area contributed by atoms with Gasteiger partial charge >= 0.3 is 0 Å². The zero-order valence-corrected chi connectivity index (χ0v) is 15.7. The third-order valence-electron chi connectivity index (χ3n) is 3.36. The van der Waals surface area contributed by atoms with Crippen molar-refractivity contribution in [3.63, 3.8) is 0 Å². The number of aromatic nitrogens is 1. The van der Waals surface area contributed by atoms with Crippen molar-refractivity contribution in [2.45, 2.75) is 58.4 Å². The maximum atomic E-state index is 12.2. The van der Waals surface area contributed by atoms with Gasteiger partial charge in [0.25, 0.3) is 5.91 Å². The second kappa shape index (κ2) is 10.6. The summed E-state index contributed by atoms with van der Waals surface area (Å²) in [5.41, 5.74) is 0.419. The summed E-state index contributed by atoms with van der Waals surface area (Å²) in [7, 11) is 0. The summed E-state index contributed by atoms with van der Waals surface area (Å²) in [6, 6.07) is 0. The zero-order valence-electron chi connectivity index (χ0n) is 14.1. The van der Waals surface area contributed by atoms with Crippen LogP contribution in [0.1, 0.15) is 62.0 Å². The van der Waals surface area contributed by atoms with Crippen LogP contribution in [0.4, 0.5) is 0 Å². The highest BCUT2D eigenvalue weighted by Gasteiger charge is 2.20. The number of hydrogen-bond acceptors (Lipinski definition) is 4. The number of alkyl halides is 1. The van der Waals surface area contributed by atoms with Gasteiger partial charge in [-0.25, -0.2) is 4.98 Å². The quantitative estimate of drug-likeness (QED) is 0.514. The van der Waals surface area contributed by atoms with Crippen molar-refractivity contribution < 1.29 is 9.59 Å². The lowest BCUT2D eigenvalue weighted by Crippen LogP contribution is -2.36. The molecule has 7 heteroatoms. The highest BCUT2D eigenvalue weighted by molar-refractivity contribution is 7.09. The molecule has 130 valence electrons. The largest absolute Gasteiger partial charge is 0.351 e. The lowest BCUT2D eigenvalue weighted by molar-refractivity contribution is -0.131. The SMILES string of the molecule is CCCCNC(=O)c1csc(CN(CCCC)C(=O)[C@H](C)Cl)n1. The van der Waals surface area contributed by atoms with Crippen LogP contribution in [-0.2, 0) is 11.3 Å². The Morgan fingerprint density at radius 1 is 1.35 bits per heavy atom. The maximum absolute atomic E-state index is 12.2. The van der Waals surface area contributed by atoms with E-state index in [1.165, 1.54) is 11.3 Å². The van der Waals surface area contributed by atoms with Crippen molar-refractivity contribution in [2.75, 3.05) is 13.1 Å². The molecule has 0 fully saturated rings. The Morgan fingerprint density at radius 3 is 2.65 bits per heavy atom. The third-order valence-corrected chi connectivity index (χ3v) is 4.38. The number of nitrogens with zero attached hydrogens (tertiary/aromatic N) is 2. The van der Waals surface area contributed by atoms with Crippen LogP contribution in [0.3, 0.4) is 0 Å². The van der Waals surface area contributed by atoms with Gasteiger partial charge in [-0.1, -0.05) is 26.7 Å². The molecule has 0 bridgehead atoms. The molecule has 1 aromatic heterocycles. The van der Waals surface area contributed by atoms with Gasteiger partial charge in [-0.05, 0) is 19.8 Å². The number of hydrogen-bond donors (Lipinski definition) is 1. The monoisotopic (exact) mass is 359 g/mol. The second-order valence-corrected chi connectivity index (χ2v) is 7.06. The van der Waals surface area contributed by atoms with E-state index in [2.05, 4.69) is 24.1 Å². The lowest BCUT2D eigenvalue weighted by atomic mass is 10.3. The standard InChI is InChI=1S/C16H26ClN3O2S/c1-4-6-8-18-15(21)13-11-23-14(19-13)10-20(9-7-5-2)16(22)12(3)17/h11-12H,4-10H2,1-3H3,(H,18,21)/t12-/m0/s1. The minimum atomic E-state index is -0.552. The first-order chi connectivity index (χ1) is 11.0. The Labute approximate surface area is 147 Å². The summed E-state index contributed by atoms with van der Waals surface area (Å²) in [6.07, 6.45) is 3.91. The Kier molecular flexibility index (Phi) is 9.17. The molecule has 0 saturated heterocycles. The van der Waals surface area contributed by atoms with E-state index in [1.54, 1.807) is 17.2 Å². The van der Waals surface area contributed by atoms with Crippen molar-refractivity contribution >= 4 is 34.8 Å². The van der Waals surface area contributed by atoms with Crippen molar-refractivity contribution in [1.82, 2.24) is 15.2 Å². The average Bonchev–Trinajstić information content (AvgIpc) is 2.99. The Hall–Kier alpha value is -1.14. The summed E-state index contributed by atoms with van der Waals surface area (Å²) in [5, 5.41) is 4.79. The molecule has 0 aliphatic rings. The number of amides is 2. The topological polar surface area (TPSA) is 62.3 Å². The molecule has 0 aliphatic carbocycles. The molecular formula is C16H26ClN3O2S. The van der Waals surface area contributed by atoms with Gasteiger partial charge < -0.3 is 10.2 Å². The minimum Gasteiger partial charge on any atom is -0.351 e. The van der Waals surface area contributed by atoms with Gasteiger partial charge in [0, 0.05) is 18.5 Å². The summed E-state index contributed by atoms with van der Waals surface area (Å²) >= 11 is 7.32.